The Bertz CT molecular complexity index is 605. The zero-order chi connectivity index (χ0) is 19.1. The lowest BCUT2D eigenvalue weighted by molar-refractivity contribution is 0.229. The van der Waals surface area contributed by atoms with E-state index in [0.717, 1.165) is 37.1 Å². The number of benzene rings is 1. The largest absolute Gasteiger partial charge is 0.497 e. The maximum atomic E-state index is 5.99. The first-order chi connectivity index (χ1) is 13.2. The molecule has 0 radical (unpaired) electrons. The van der Waals surface area contributed by atoms with Crippen molar-refractivity contribution in [1.29, 1.82) is 0 Å². The summed E-state index contributed by atoms with van der Waals surface area (Å²) in [5.74, 6) is 2.70. The molecule has 28 heavy (non-hydrogen) atoms. The van der Waals surface area contributed by atoms with E-state index in [4.69, 9.17) is 14.5 Å². The van der Waals surface area contributed by atoms with Crippen molar-refractivity contribution in [2.75, 3.05) is 46.4 Å². The number of nitrogens with zero attached hydrogens (tertiary/aromatic N) is 3. The van der Waals surface area contributed by atoms with Crippen LogP contribution in [0.3, 0.4) is 0 Å². The average molecular weight is 502 g/mol. The first-order valence-corrected chi connectivity index (χ1v) is 10.3. The van der Waals surface area contributed by atoms with Gasteiger partial charge in [-0.3, -0.25) is 4.90 Å². The zero-order valence-electron chi connectivity index (χ0n) is 17.4. The van der Waals surface area contributed by atoms with Gasteiger partial charge in [-0.2, -0.15) is 0 Å². The lowest BCUT2D eigenvalue weighted by atomic mass is 10.2. The van der Waals surface area contributed by atoms with E-state index in [2.05, 4.69) is 29.0 Å². The molecule has 1 aromatic rings. The van der Waals surface area contributed by atoms with Crippen LogP contribution < -0.4 is 14.8 Å². The molecule has 1 aromatic carbocycles. The van der Waals surface area contributed by atoms with E-state index < -0.39 is 0 Å². The highest BCUT2D eigenvalue weighted by atomic mass is 127. The highest BCUT2D eigenvalue weighted by molar-refractivity contribution is 14.0. The lowest BCUT2D eigenvalue weighted by Gasteiger charge is -2.25. The first kappa shape index (κ1) is 23.1. The van der Waals surface area contributed by atoms with Crippen molar-refractivity contribution in [1.82, 2.24) is 15.1 Å². The maximum Gasteiger partial charge on any atom is 0.194 e. The molecule has 2 unspecified atom stereocenters. The maximum absolute atomic E-state index is 5.99. The Morgan fingerprint density at radius 3 is 2.50 bits per heavy atom. The zero-order valence-corrected chi connectivity index (χ0v) is 19.7. The van der Waals surface area contributed by atoms with E-state index in [9.17, 15) is 0 Å². The van der Waals surface area contributed by atoms with Crippen LogP contribution in [-0.4, -0.2) is 74.3 Å². The van der Waals surface area contributed by atoms with Crippen molar-refractivity contribution in [3.63, 3.8) is 0 Å². The van der Waals surface area contributed by atoms with Crippen LogP contribution in [0.15, 0.2) is 29.3 Å². The molecule has 2 atom stereocenters. The van der Waals surface area contributed by atoms with Gasteiger partial charge in [-0.05, 0) is 70.5 Å². The number of methoxy groups -OCH3 is 1. The van der Waals surface area contributed by atoms with Crippen LogP contribution in [0.2, 0.25) is 0 Å². The average Bonchev–Trinajstić information content (AvgIpc) is 3.37. The second-order valence-electron chi connectivity index (χ2n) is 7.43. The van der Waals surface area contributed by atoms with Gasteiger partial charge in [0.15, 0.2) is 5.96 Å². The topological polar surface area (TPSA) is 49.3 Å². The van der Waals surface area contributed by atoms with Crippen molar-refractivity contribution in [2.24, 2.45) is 4.99 Å². The molecule has 6 nitrogen and oxygen atoms in total. The summed E-state index contributed by atoms with van der Waals surface area (Å²) in [5.41, 5.74) is 0. The Balaban J connectivity index is 0.00000280. The number of guanidine groups is 1. The summed E-state index contributed by atoms with van der Waals surface area (Å²) in [7, 11) is 1.67. The second kappa shape index (κ2) is 11.7. The Morgan fingerprint density at radius 1 is 1.18 bits per heavy atom. The van der Waals surface area contributed by atoms with Gasteiger partial charge in [0.25, 0.3) is 0 Å². The summed E-state index contributed by atoms with van der Waals surface area (Å²) in [6, 6.07) is 8.39. The fourth-order valence-electron chi connectivity index (χ4n) is 3.90. The van der Waals surface area contributed by atoms with E-state index in [0.29, 0.717) is 12.6 Å². The molecule has 3 rings (SSSR count). The smallest absolute Gasteiger partial charge is 0.194 e. The number of nitrogens with one attached hydrogen (secondary N) is 1. The molecule has 0 spiro atoms. The molecule has 2 aliphatic heterocycles. The second-order valence-corrected chi connectivity index (χ2v) is 7.43. The van der Waals surface area contributed by atoms with E-state index in [1.54, 1.807) is 7.11 Å². The number of halogens is 1. The summed E-state index contributed by atoms with van der Waals surface area (Å²) >= 11 is 0. The van der Waals surface area contributed by atoms with Gasteiger partial charge in [0, 0.05) is 25.7 Å². The summed E-state index contributed by atoms with van der Waals surface area (Å²) in [6.07, 6.45) is 3.96. The third kappa shape index (κ3) is 6.40. The molecule has 0 amide bonds. The molecule has 158 valence electrons. The van der Waals surface area contributed by atoms with Crippen LogP contribution in [0, 0.1) is 0 Å². The Morgan fingerprint density at radius 2 is 1.86 bits per heavy atom. The summed E-state index contributed by atoms with van der Waals surface area (Å²) < 4.78 is 11.2. The number of hydrogen-bond acceptors (Lipinski definition) is 4. The van der Waals surface area contributed by atoms with Crippen molar-refractivity contribution in [2.45, 2.75) is 45.3 Å². The van der Waals surface area contributed by atoms with Gasteiger partial charge in [-0.15, -0.1) is 24.0 Å². The van der Waals surface area contributed by atoms with Gasteiger partial charge < -0.3 is 19.7 Å². The number of aliphatic imine (C=N–C) groups is 1. The number of ether oxygens (including phenoxy) is 2. The van der Waals surface area contributed by atoms with E-state index in [-0.39, 0.29) is 30.1 Å². The summed E-state index contributed by atoms with van der Waals surface area (Å²) in [5, 5.41) is 3.46. The van der Waals surface area contributed by atoms with Gasteiger partial charge >= 0.3 is 0 Å². The van der Waals surface area contributed by atoms with Crippen LogP contribution >= 0.6 is 24.0 Å². The SMILES string of the molecule is CCNC(=NCC(C)Oc1ccc(OC)cc1)N1CCC(N2CCCC2)C1.I. The molecular weight excluding hydrogens is 467 g/mol. The van der Waals surface area contributed by atoms with Gasteiger partial charge in [0.1, 0.15) is 17.6 Å². The molecule has 2 fully saturated rings. The quantitative estimate of drug-likeness (QED) is 0.353. The molecule has 2 aliphatic rings. The van der Waals surface area contributed by atoms with Crippen LogP contribution in [0.25, 0.3) is 0 Å². The molecule has 2 saturated heterocycles. The minimum absolute atomic E-state index is 0. The van der Waals surface area contributed by atoms with Crippen LogP contribution in [-0.2, 0) is 0 Å². The normalized spacial score (nSPS) is 21.3. The highest BCUT2D eigenvalue weighted by Crippen LogP contribution is 2.21. The third-order valence-electron chi connectivity index (χ3n) is 5.35. The first-order valence-electron chi connectivity index (χ1n) is 10.3. The molecule has 1 N–H and O–H groups in total. The van der Waals surface area contributed by atoms with Crippen LogP contribution in [0.4, 0.5) is 0 Å². The molecule has 0 aromatic heterocycles. The fraction of sp³-hybridized carbons (Fsp3) is 0.667. The Hall–Kier alpha value is -1.22. The third-order valence-corrected chi connectivity index (χ3v) is 5.35. The summed E-state index contributed by atoms with van der Waals surface area (Å²) in [4.78, 5) is 9.91. The Kier molecular flexibility index (Phi) is 9.64. The van der Waals surface area contributed by atoms with E-state index >= 15 is 0 Å². The van der Waals surface area contributed by atoms with Gasteiger partial charge in [0.05, 0.1) is 13.7 Å². The highest BCUT2D eigenvalue weighted by Gasteiger charge is 2.30. The van der Waals surface area contributed by atoms with Gasteiger partial charge in [-0.1, -0.05) is 0 Å². The standard InChI is InChI=1S/C21H34N4O2.HI/c1-4-22-21(25-14-11-18(16-25)24-12-5-6-13-24)23-15-17(2)27-20-9-7-19(26-3)8-10-20;/h7-10,17-18H,4-6,11-16H2,1-3H3,(H,22,23);1H. The molecule has 7 heteroatoms. The van der Waals surface area contributed by atoms with E-state index in [1.165, 1.54) is 32.4 Å². The predicted octanol–water partition coefficient (Wildman–Crippen LogP) is 3.22. The fourth-order valence-corrected chi connectivity index (χ4v) is 3.90. The minimum atomic E-state index is 0. The van der Waals surface area contributed by atoms with Crippen molar-refractivity contribution >= 4 is 29.9 Å². The predicted molar refractivity (Wildman–Crippen MR) is 125 cm³/mol. The number of likely N-dealkylation sites (tertiary alicyclic amines) is 2. The number of hydrogen-bond donors (Lipinski definition) is 1. The number of rotatable bonds is 7. The molecule has 0 aliphatic carbocycles. The van der Waals surface area contributed by atoms with Gasteiger partial charge in [0.2, 0.25) is 0 Å². The summed E-state index contributed by atoms with van der Waals surface area (Å²) in [6.45, 7) is 10.4. The minimum Gasteiger partial charge on any atom is -0.497 e. The van der Waals surface area contributed by atoms with Gasteiger partial charge in [-0.25, -0.2) is 4.99 Å². The monoisotopic (exact) mass is 502 g/mol. The van der Waals surface area contributed by atoms with Crippen molar-refractivity contribution < 1.29 is 9.47 Å². The van der Waals surface area contributed by atoms with Crippen LogP contribution in [0.1, 0.15) is 33.1 Å². The molecule has 0 saturated carbocycles. The van der Waals surface area contributed by atoms with E-state index in [1.807, 2.05) is 24.3 Å². The van der Waals surface area contributed by atoms with Crippen molar-refractivity contribution in [3.05, 3.63) is 24.3 Å². The Labute approximate surface area is 186 Å². The molecule has 2 heterocycles. The lowest BCUT2D eigenvalue weighted by Crippen LogP contribution is -2.43. The molecule has 0 bridgehead atoms. The molecular formula is C21H35IN4O2. The van der Waals surface area contributed by atoms with Crippen LogP contribution in [0.5, 0.6) is 11.5 Å². The van der Waals surface area contributed by atoms with Crippen molar-refractivity contribution in [3.8, 4) is 11.5 Å².